The van der Waals surface area contributed by atoms with Gasteiger partial charge in [0, 0.05) is 25.2 Å². The van der Waals surface area contributed by atoms with Crippen LogP contribution in [0.1, 0.15) is 57.7 Å². The maximum absolute atomic E-state index is 6.16. The molecule has 20 heavy (non-hydrogen) atoms. The first-order valence-electron chi connectivity index (χ1n) is 8.06. The minimum atomic E-state index is 0.337. The summed E-state index contributed by atoms with van der Waals surface area (Å²) >= 11 is 0. The molecule has 0 saturated carbocycles. The van der Waals surface area contributed by atoms with E-state index < -0.39 is 0 Å². The van der Waals surface area contributed by atoms with Crippen molar-refractivity contribution in [1.82, 2.24) is 4.90 Å². The van der Waals surface area contributed by atoms with Crippen LogP contribution in [0, 0.1) is 12.8 Å². The molecular formula is C18H32N2. The molecule has 1 aromatic carbocycles. The Hall–Kier alpha value is -0.860. The maximum atomic E-state index is 6.16. The van der Waals surface area contributed by atoms with E-state index in [-0.39, 0.29) is 0 Å². The summed E-state index contributed by atoms with van der Waals surface area (Å²) in [5.41, 5.74) is 8.90. The molecule has 0 heterocycles. The van der Waals surface area contributed by atoms with Gasteiger partial charge in [-0.3, -0.25) is 4.90 Å². The lowest BCUT2D eigenvalue weighted by atomic mass is 9.96. The first-order chi connectivity index (χ1) is 9.54. The Morgan fingerprint density at radius 2 is 1.70 bits per heavy atom. The van der Waals surface area contributed by atoms with Crippen molar-refractivity contribution in [3.8, 4) is 0 Å². The maximum Gasteiger partial charge on any atom is 0.0476 e. The van der Waals surface area contributed by atoms with Crippen molar-refractivity contribution in [2.45, 2.75) is 59.5 Å². The minimum Gasteiger partial charge on any atom is -0.329 e. The largest absolute Gasteiger partial charge is 0.329 e. The van der Waals surface area contributed by atoms with Crippen molar-refractivity contribution in [2.24, 2.45) is 11.7 Å². The van der Waals surface area contributed by atoms with Gasteiger partial charge in [0.05, 0.1) is 0 Å². The normalized spacial score (nSPS) is 13.4. The zero-order chi connectivity index (χ0) is 15.1. The zero-order valence-corrected chi connectivity index (χ0v) is 13.9. The van der Waals surface area contributed by atoms with Crippen LogP contribution in [0.25, 0.3) is 0 Å². The van der Waals surface area contributed by atoms with E-state index in [4.69, 9.17) is 5.73 Å². The summed E-state index contributed by atoms with van der Waals surface area (Å²) < 4.78 is 0. The summed E-state index contributed by atoms with van der Waals surface area (Å²) in [5.74, 6) is 0.661. The monoisotopic (exact) mass is 276 g/mol. The number of hydrogen-bond acceptors (Lipinski definition) is 2. The highest BCUT2D eigenvalue weighted by molar-refractivity contribution is 5.29. The van der Waals surface area contributed by atoms with Crippen molar-refractivity contribution in [1.29, 1.82) is 0 Å². The Bertz CT molecular complexity index is 383. The Labute approximate surface area is 125 Å². The van der Waals surface area contributed by atoms with E-state index in [1.54, 1.807) is 0 Å². The minimum absolute atomic E-state index is 0.337. The number of nitrogens with zero attached hydrogens (tertiary/aromatic N) is 1. The number of aryl methyl sites for hydroxylation is 1. The van der Waals surface area contributed by atoms with Crippen LogP contribution in [0.4, 0.5) is 0 Å². The van der Waals surface area contributed by atoms with Crippen LogP contribution < -0.4 is 5.73 Å². The zero-order valence-electron chi connectivity index (χ0n) is 13.9. The number of benzene rings is 1. The van der Waals surface area contributed by atoms with Gasteiger partial charge in [-0.05, 0) is 36.8 Å². The van der Waals surface area contributed by atoms with Gasteiger partial charge in [0.15, 0.2) is 0 Å². The third-order valence-corrected chi connectivity index (χ3v) is 4.16. The Kier molecular flexibility index (Phi) is 7.25. The molecule has 1 aromatic rings. The van der Waals surface area contributed by atoms with Gasteiger partial charge in [-0.15, -0.1) is 0 Å². The average Bonchev–Trinajstić information content (AvgIpc) is 2.42. The van der Waals surface area contributed by atoms with Gasteiger partial charge < -0.3 is 5.73 Å². The number of hydrogen-bond donors (Lipinski definition) is 1. The molecule has 2 N–H and O–H groups in total. The van der Waals surface area contributed by atoms with E-state index in [2.05, 4.69) is 63.8 Å². The summed E-state index contributed by atoms with van der Waals surface area (Å²) in [6.45, 7) is 13.1. The third kappa shape index (κ3) is 4.32. The Morgan fingerprint density at radius 3 is 2.15 bits per heavy atom. The molecule has 0 aliphatic heterocycles. The highest BCUT2D eigenvalue weighted by Gasteiger charge is 2.26. The molecule has 0 aliphatic rings. The summed E-state index contributed by atoms with van der Waals surface area (Å²) in [5, 5.41) is 0. The van der Waals surface area contributed by atoms with E-state index >= 15 is 0 Å². The van der Waals surface area contributed by atoms with Crippen LogP contribution in [0.3, 0.4) is 0 Å². The van der Waals surface area contributed by atoms with Gasteiger partial charge in [-0.2, -0.15) is 0 Å². The van der Waals surface area contributed by atoms with E-state index in [0.717, 1.165) is 6.54 Å². The third-order valence-electron chi connectivity index (χ3n) is 4.16. The molecule has 0 fully saturated rings. The van der Waals surface area contributed by atoms with Crippen molar-refractivity contribution in [2.75, 3.05) is 13.1 Å². The quantitative estimate of drug-likeness (QED) is 0.773. The lowest BCUT2D eigenvalue weighted by Crippen LogP contribution is -2.43. The van der Waals surface area contributed by atoms with Crippen molar-refractivity contribution < 1.29 is 0 Å². The van der Waals surface area contributed by atoms with Crippen molar-refractivity contribution in [3.05, 3.63) is 35.4 Å². The predicted octanol–water partition coefficient (Wildman–Crippen LogP) is 4.14. The van der Waals surface area contributed by atoms with Crippen molar-refractivity contribution in [3.63, 3.8) is 0 Å². The summed E-state index contributed by atoms with van der Waals surface area (Å²) in [7, 11) is 0. The smallest absolute Gasteiger partial charge is 0.0476 e. The molecule has 114 valence electrons. The highest BCUT2D eigenvalue weighted by atomic mass is 15.2. The number of nitrogens with two attached hydrogens (primary N) is 1. The molecule has 0 aromatic heterocycles. The van der Waals surface area contributed by atoms with Gasteiger partial charge in [0.25, 0.3) is 0 Å². The van der Waals surface area contributed by atoms with Crippen LogP contribution in [0.15, 0.2) is 24.3 Å². The standard InChI is InChI=1S/C18H32N2/c1-6-16(7-2)20(13-14(3)4)18(12-19)17-11-9-8-10-15(17)5/h8-11,14,16,18H,6-7,12-13,19H2,1-5H3. The number of rotatable bonds is 8. The second-order valence-corrected chi connectivity index (χ2v) is 6.17. The van der Waals surface area contributed by atoms with E-state index in [1.165, 1.54) is 24.0 Å². The SMILES string of the molecule is CCC(CC)N(CC(C)C)C(CN)c1ccccc1C. The first kappa shape index (κ1) is 17.2. The van der Waals surface area contributed by atoms with Crippen LogP contribution in [-0.4, -0.2) is 24.0 Å². The van der Waals surface area contributed by atoms with E-state index in [0.29, 0.717) is 24.5 Å². The summed E-state index contributed by atoms with van der Waals surface area (Å²) in [4.78, 5) is 2.63. The van der Waals surface area contributed by atoms with Gasteiger partial charge in [-0.1, -0.05) is 52.0 Å². The predicted molar refractivity (Wildman–Crippen MR) is 88.9 cm³/mol. The molecule has 0 amide bonds. The van der Waals surface area contributed by atoms with E-state index in [1.807, 2.05) is 0 Å². The molecule has 1 atom stereocenters. The Morgan fingerprint density at radius 1 is 1.10 bits per heavy atom. The average molecular weight is 276 g/mol. The Balaban J connectivity index is 3.10. The topological polar surface area (TPSA) is 29.3 Å². The van der Waals surface area contributed by atoms with Crippen LogP contribution in [-0.2, 0) is 0 Å². The first-order valence-corrected chi connectivity index (χ1v) is 8.06. The highest BCUT2D eigenvalue weighted by Crippen LogP contribution is 2.28. The summed E-state index contributed by atoms with van der Waals surface area (Å²) in [6, 6.07) is 9.62. The lowest BCUT2D eigenvalue weighted by Gasteiger charge is -2.39. The molecule has 0 radical (unpaired) electrons. The molecule has 0 saturated heterocycles. The van der Waals surface area contributed by atoms with Gasteiger partial charge >= 0.3 is 0 Å². The van der Waals surface area contributed by atoms with E-state index in [9.17, 15) is 0 Å². The van der Waals surface area contributed by atoms with Crippen LogP contribution in [0.2, 0.25) is 0 Å². The molecule has 0 aliphatic carbocycles. The fourth-order valence-electron chi connectivity index (χ4n) is 3.11. The molecule has 0 spiro atoms. The molecule has 2 nitrogen and oxygen atoms in total. The lowest BCUT2D eigenvalue weighted by molar-refractivity contribution is 0.112. The molecular weight excluding hydrogens is 244 g/mol. The van der Waals surface area contributed by atoms with Gasteiger partial charge in [0.1, 0.15) is 0 Å². The second-order valence-electron chi connectivity index (χ2n) is 6.17. The summed E-state index contributed by atoms with van der Waals surface area (Å²) in [6.07, 6.45) is 2.37. The fourth-order valence-corrected chi connectivity index (χ4v) is 3.11. The molecule has 1 rings (SSSR count). The molecule has 1 unspecified atom stereocenters. The molecule has 2 heteroatoms. The van der Waals surface area contributed by atoms with Gasteiger partial charge in [-0.25, -0.2) is 0 Å². The second kappa shape index (κ2) is 8.43. The van der Waals surface area contributed by atoms with Crippen LogP contribution >= 0.6 is 0 Å². The van der Waals surface area contributed by atoms with Gasteiger partial charge in [0.2, 0.25) is 0 Å². The fraction of sp³-hybridized carbons (Fsp3) is 0.667. The van der Waals surface area contributed by atoms with Crippen LogP contribution in [0.5, 0.6) is 0 Å². The molecule has 0 bridgehead atoms. The van der Waals surface area contributed by atoms with Crippen molar-refractivity contribution >= 4 is 0 Å².